The van der Waals surface area contributed by atoms with E-state index in [-0.39, 0.29) is 12.6 Å². The Hall–Kier alpha value is -0.800. The number of hydrogen-bond donors (Lipinski definition) is 2. The van der Waals surface area contributed by atoms with E-state index in [2.05, 4.69) is 10.3 Å². The molecule has 1 atom stereocenters. The van der Waals surface area contributed by atoms with E-state index in [1.165, 1.54) is 0 Å². The largest absolute Gasteiger partial charge is 0.394 e. The first-order valence-corrected chi connectivity index (χ1v) is 4.62. The van der Waals surface area contributed by atoms with Crippen molar-refractivity contribution in [3.8, 4) is 0 Å². The number of pyridine rings is 1. The van der Waals surface area contributed by atoms with Crippen LogP contribution in [0.1, 0.15) is 13.3 Å². The van der Waals surface area contributed by atoms with Gasteiger partial charge in [0, 0.05) is 18.4 Å². The number of aliphatic hydroxyl groups is 1. The normalized spacial score (nSPS) is 12.5. The molecule has 3 nitrogen and oxygen atoms in total. The van der Waals surface area contributed by atoms with Crippen LogP contribution in [0.4, 0.5) is 5.69 Å². The van der Waals surface area contributed by atoms with Gasteiger partial charge in [0.25, 0.3) is 0 Å². The van der Waals surface area contributed by atoms with Gasteiger partial charge in [-0.05, 0) is 12.5 Å². The van der Waals surface area contributed by atoms with Crippen molar-refractivity contribution in [3.63, 3.8) is 0 Å². The Morgan fingerprint density at radius 1 is 1.69 bits per heavy atom. The summed E-state index contributed by atoms with van der Waals surface area (Å²) in [5.74, 6) is 0. The maximum Gasteiger partial charge on any atom is 0.0820 e. The van der Waals surface area contributed by atoms with Crippen LogP contribution in [0.25, 0.3) is 0 Å². The summed E-state index contributed by atoms with van der Waals surface area (Å²) in [5.41, 5.74) is 0.817. The highest BCUT2D eigenvalue weighted by Crippen LogP contribution is 2.20. The molecule has 13 heavy (non-hydrogen) atoms. The van der Waals surface area contributed by atoms with Crippen LogP contribution in [0, 0.1) is 0 Å². The third-order valence-electron chi connectivity index (χ3n) is 1.85. The Bertz CT molecular complexity index is 264. The molecule has 1 heterocycles. The van der Waals surface area contributed by atoms with E-state index in [9.17, 15) is 0 Å². The first kappa shape index (κ1) is 10.3. The fourth-order valence-corrected chi connectivity index (χ4v) is 1.16. The van der Waals surface area contributed by atoms with Gasteiger partial charge in [-0.3, -0.25) is 4.98 Å². The van der Waals surface area contributed by atoms with Crippen LogP contribution >= 0.6 is 11.6 Å². The molecular formula is C9H13ClN2O. The van der Waals surface area contributed by atoms with E-state index in [0.29, 0.717) is 5.02 Å². The molecule has 0 spiro atoms. The molecule has 0 aromatic carbocycles. The maximum absolute atomic E-state index is 8.96. The van der Waals surface area contributed by atoms with Gasteiger partial charge in [0.05, 0.1) is 17.3 Å². The van der Waals surface area contributed by atoms with Crippen molar-refractivity contribution < 1.29 is 5.11 Å². The predicted octanol–water partition coefficient (Wildman–Crippen LogP) is 1.92. The zero-order valence-electron chi connectivity index (χ0n) is 7.50. The molecule has 0 aliphatic rings. The van der Waals surface area contributed by atoms with E-state index >= 15 is 0 Å². The highest BCUT2D eigenvalue weighted by molar-refractivity contribution is 6.33. The van der Waals surface area contributed by atoms with Crippen molar-refractivity contribution in [2.24, 2.45) is 0 Å². The average molecular weight is 201 g/mol. The minimum absolute atomic E-state index is 0.0555. The van der Waals surface area contributed by atoms with Crippen molar-refractivity contribution in [2.45, 2.75) is 19.4 Å². The molecule has 0 saturated heterocycles. The molecule has 0 amide bonds. The van der Waals surface area contributed by atoms with Crippen LogP contribution in [0.2, 0.25) is 5.02 Å². The Morgan fingerprint density at radius 2 is 2.46 bits per heavy atom. The number of rotatable bonds is 4. The Labute approximate surface area is 82.8 Å². The monoisotopic (exact) mass is 200 g/mol. The molecule has 4 heteroatoms. The van der Waals surface area contributed by atoms with E-state index in [4.69, 9.17) is 16.7 Å². The number of halogens is 1. The summed E-state index contributed by atoms with van der Waals surface area (Å²) in [6, 6.07) is 1.85. The van der Waals surface area contributed by atoms with Crippen LogP contribution in [0.15, 0.2) is 18.5 Å². The van der Waals surface area contributed by atoms with E-state index in [1.54, 1.807) is 18.5 Å². The van der Waals surface area contributed by atoms with E-state index in [1.807, 2.05) is 6.92 Å². The first-order chi connectivity index (χ1) is 6.27. The van der Waals surface area contributed by atoms with Crippen molar-refractivity contribution in [1.29, 1.82) is 0 Å². The van der Waals surface area contributed by atoms with Crippen LogP contribution in [-0.4, -0.2) is 22.7 Å². The zero-order valence-corrected chi connectivity index (χ0v) is 8.25. The average Bonchev–Trinajstić information content (AvgIpc) is 2.17. The summed E-state index contributed by atoms with van der Waals surface area (Å²) in [6.45, 7) is 2.11. The minimum atomic E-state index is 0.0555. The van der Waals surface area contributed by atoms with Gasteiger partial charge in [-0.15, -0.1) is 0 Å². The summed E-state index contributed by atoms with van der Waals surface area (Å²) < 4.78 is 0. The molecule has 2 N–H and O–H groups in total. The van der Waals surface area contributed by atoms with E-state index < -0.39 is 0 Å². The number of hydrogen-bond acceptors (Lipinski definition) is 3. The third-order valence-corrected chi connectivity index (χ3v) is 2.15. The van der Waals surface area contributed by atoms with Gasteiger partial charge in [0.15, 0.2) is 0 Å². The van der Waals surface area contributed by atoms with Crippen LogP contribution in [0.5, 0.6) is 0 Å². The molecule has 0 bridgehead atoms. The highest BCUT2D eigenvalue weighted by Gasteiger charge is 2.05. The van der Waals surface area contributed by atoms with Gasteiger partial charge in [-0.2, -0.15) is 0 Å². The molecular weight excluding hydrogens is 188 g/mol. The van der Waals surface area contributed by atoms with Gasteiger partial charge in [-0.25, -0.2) is 0 Å². The Morgan fingerprint density at radius 3 is 3.00 bits per heavy atom. The number of nitrogens with zero attached hydrogens (tertiary/aromatic N) is 1. The molecule has 1 aromatic heterocycles. The lowest BCUT2D eigenvalue weighted by molar-refractivity contribution is 0.272. The summed E-state index contributed by atoms with van der Waals surface area (Å²) in [5, 5.41) is 12.7. The fourth-order valence-electron chi connectivity index (χ4n) is 0.989. The number of aromatic nitrogens is 1. The minimum Gasteiger partial charge on any atom is -0.394 e. The second kappa shape index (κ2) is 5.04. The standard InChI is InChI=1S/C9H13ClN2O/c1-2-7(6-13)12-9-3-4-11-5-8(9)10/h3-5,7,13H,2,6H2,1H3,(H,11,12). The fraction of sp³-hybridized carbons (Fsp3) is 0.444. The number of nitrogens with one attached hydrogen (secondary N) is 1. The summed E-state index contributed by atoms with van der Waals surface area (Å²) in [6.07, 6.45) is 4.10. The number of anilines is 1. The van der Waals surface area contributed by atoms with Crippen LogP contribution in [0.3, 0.4) is 0 Å². The second-order valence-corrected chi connectivity index (χ2v) is 3.19. The summed E-state index contributed by atoms with van der Waals surface area (Å²) >= 11 is 5.88. The van der Waals surface area contributed by atoms with Gasteiger partial charge in [0.1, 0.15) is 0 Å². The molecule has 0 saturated carbocycles. The highest BCUT2D eigenvalue weighted by atomic mass is 35.5. The zero-order chi connectivity index (χ0) is 9.68. The van der Waals surface area contributed by atoms with Crippen LogP contribution < -0.4 is 5.32 Å². The Kier molecular flexibility index (Phi) is 3.99. The van der Waals surface area contributed by atoms with Gasteiger partial charge in [-0.1, -0.05) is 18.5 Å². The lowest BCUT2D eigenvalue weighted by Gasteiger charge is -2.15. The lowest BCUT2D eigenvalue weighted by atomic mass is 10.2. The molecule has 72 valence electrons. The van der Waals surface area contributed by atoms with Crippen molar-refractivity contribution in [3.05, 3.63) is 23.5 Å². The number of aliphatic hydroxyl groups excluding tert-OH is 1. The van der Waals surface area contributed by atoms with Crippen molar-refractivity contribution in [1.82, 2.24) is 4.98 Å². The Balaban J connectivity index is 2.67. The summed E-state index contributed by atoms with van der Waals surface area (Å²) in [7, 11) is 0. The first-order valence-electron chi connectivity index (χ1n) is 4.24. The third kappa shape index (κ3) is 2.86. The topological polar surface area (TPSA) is 45.1 Å². The lowest BCUT2D eigenvalue weighted by Crippen LogP contribution is -2.22. The molecule has 1 unspecified atom stereocenters. The maximum atomic E-state index is 8.96. The molecule has 0 fully saturated rings. The smallest absolute Gasteiger partial charge is 0.0820 e. The summed E-state index contributed by atoms with van der Waals surface area (Å²) in [4.78, 5) is 3.87. The van der Waals surface area contributed by atoms with Crippen molar-refractivity contribution >= 4 is 17.3 Å². The molecule has 1 rings (SSSR count). The van der Waals surface area contributed by atoms with Gasteiger partial charge in [0.2, 0.25) is 0 Å². The SMILES string of the molecule is CCC(CO)Nc1ccncc1Cl. The molecule has 1 aromatic rings. The second-order valence-electron chi connectivity index (χ2n) is 2.79. The molecule has 0 radical (unpaired) electrons. The molecule has 0 aliphatic carbocycles. The van der Waals surface area contributed by atoms with Crippen molar-refractivity contribution in [2.75, 3.05) is 11.9 Å². The predicted molar refractivity (Wildman–Crippen MR) is 54.0 cm³/mol. The van der Waals surface area contributed by atoms with E-state index in [0.717, 1.165) is 12.1 Å². The van der Waals surface area contributed by atoms with Gasteiger partial charge >= 0.3 is 0 Å². The molecule has 0 aliphatic heterocycles. The van der Waals surface area contributed by atoms with Crippen LogP contribution in [-0.2, 0) is 0 Å². The van der Waals surface area contributed by atoms with Gasteiger partial charge < -0.3 is 10.4 Å². The quantitative estimate of drug-likeness (QED) is 0.781.